The van der Waals surface area contributed by atoms with Gasteiger partial charge >= 0.3 is 0 Å². The first-order valence-electron chi connectivity index (χ1n) is 8.03. The molecule has 0 radical (unpaired) electrons. The van der Waals surface area contributed by atoms with Crippen LogP contribution in [-0.2, 0) is 4.79 Å². The fourth-order valence-electron chi connectivity index (χ4n) is 3.32. The second-order valence-corrected chi connectivity index (χ2v) is 7.31. The van der Waals surface area contributed by atoms with E-state index in [4.69, 9.17) is 0 Å². The lowest BCUT2D eigenvalue weighted by Crippen LogP contribution is -2.43. The number of thioether (sulfide) groups is 1. The summed E-state index contributed by atoms with van der Waals surface area (Å²) in [7, 11) is 0. The molecule has 2 aliphatic heterocycles. The predicted molar refractivity (Wildman–Crippen MR) is 87.5 cm³/mol. The average molecular weight is 304 g/mol. The van der Waals surface area contributed by atoms with Crippen molar-refractivity contribution in [3.63, 3.8) is 0 Å². The lowest BCUT2D eigenvalue weighted by molar-refractivity contribution is -0.130. The van der Waals surface area contributed by atoms with Gasteiger partial charge in [-0.05, 0) is 37.8 Å². The van der Waals surface area contributed by atoms with Crippen LogP contribution in [0.15, 0.2) is 35.2 Å². The normalized spacial score (nSPS) is 26.4. The van der Waals surface area contributed by atoms with Gasteiger partial charge in [0.1, 0.15) is 0 Å². The number of nitrogens with zero attached hydrogens (tertiary/aromatic N) is 1. The highest BCUT2D eigenvalue weighted by Gasteiger charge is 2.33. The van der Waals surface area contributed by atoms with Crippen LogP contribution in [0.25, 0.3) is 0 Å². The van der Waals surface area contributed by atoms with Crippen molar-refractivity contribution in [1.82, 2.24) is 10.2 Å². The number of rotatable bonds is 4. The number of nitrogens with one attached hydrogen (secondary N) is 1. The van der Waals surface area contributed by atoms with Crippen LogP contribution in [0.3, 0.4) is 0 Å². The summed E-state index contributed by atoms with van der Waals surface area (Å²) in [6, 6.07) is 11.4. The van der Waals surface area contributed by atoms with E-state index in [1.807, 2.05) is 18.2 Å². The predicted octanol–water partition coefficient (Wildman–Crippen LogP) is 2.91. The Morgan fingerprint density at radius 2 is 2.05 bits per heavy atom. The van der Waals surface area contributed by atoms with Gasteiger partial charge < -0.3 is 10.2 Å². The molecule has 3 nitrogen and oxygen atoms in total. The van der Waals surface area contributed by atoms with Crippen molar-refractivity contribution in [1.29, 1.82) is 0 Å². The van der Waals surface area contributed by atoms with Crippen LogP contribution < -0.4 is 5.32 Å². The van der Waals surface area contributed by atoms with Gasteiger partial charge in [-0.3, -0.25) is 4.79 Å². The molecule has 1 N–H and O–H groups in total. The van der Waals surface area contributed by atoms with E-state index in [0.717, 1.165) is 25.9 Å². The van der Waals surface area contributed by atoms with Gasteiger partial charge in [0.15, 0.2) is 0 Å². The van der Waals surface area contributed by atoms with Crippen molar-refractivity contribution in [2.75, 3.05) is 13.1 Å². The number of hydrogen-bond donors (Lipinski definition) is 1. The molecule has 0 spiro atoms. The number of hydrogen-bond acceptors (Lipinski definition) is 3. The molecule has 2 aliphatic rings. The van der Waals surface area contributed by atoms with E-state index >= 15 is 0 Å². The summed E-state index contributed by atoms with van der Waals surface area (Å²) in [4.78, 5) is 16.1. The number of likely N-dealkylation sites (tertiary alicyclic amines) is 1. The van der Waals surface area contributed by atoms with Crippen molar-refractivity contribution in [3.8, 4) is 0 Å². The first-order chi connectivity index (χ1) is 10.3. The van der Waals surface area contributed by atoms with E-state index < -0.39 is 0 Å². The Kier molecular flexibility index (Phi) is 4.86. The third kappa shape index (κ3) is 3.61. The summed E-state index contributed by atoms with van der Waals surface area (Å²) in [5.74, 6) is 0.320. The zero-order valence-electron chi connectivity index (χ0n) is 12.6. The fourth-order valence-corrected chi connectivity index (χ4v) is 4.38. The Morgan fingerprint density at radius 1 is 1.29 bits per heavy atom. The Balaban J connectivity index is 1.64. The van der Waals surface area contributed by atoms with E-state index in [9.17, 15) is 4.79 Å². The van der Waals surface area contributed by atoms with Crippen LogP contribution in [0.2, 0.25) is 0 Å². The van der Waals surface area contributed by atoms with Gasteiger partial charge in [-0.25, -0.2) is 0 Å². The molecule has 1 aromatic rings. The molecule has 0 aromatic heterocycles. The van der Waals surface area contributed by atoms with Gasteiger partial charge in [0.05, 0.1) is 5.25 Å². The summed E-state index contributed by atoms with van der Waals surface area (Å²) < 4.78 is 0. The quantitative estimate of drug-likeness (QED) is 0.868. The van der Waals surface area contributed by atoms with E-state index in [2.05, 4.69) is 29.3 Å². The van der Waals surface area contributed by atoms with Crippen LogP contribution in [0.4, 0.5) is 0 Å². The molecule has 0 aliphatic carbocycles. The molecule has 21 heavy (non-hydrogen) atoms. The summed E-state index contributed by atoms with van der Waals surface area (Å²) in [6.07, 6.45) is 4.49. The summed E-state index contributed by atoms with van der Waals surface area (Å²) in [6.45, 7) is 3.92. The monoisotopic (exact) mass is 304 g/mol. The number of benzene rings is 1. The molecular formula is C17H24N2OS. The second-order valence-electron chi connectivity index (χ2n) is 6.04. The van der Waals surface area contributed by atoms with Crippen molar-refractivity contribution in [2.24, 2.45) is 0 Å². The molecule has 0 saturated carbocycles. The Labute approximate surface area is 131 Å². The first-order valence-corrected chi connectivity index (χ1v) is 8.90. The molecule has 3 unspecified atom stereocenters. The molecule has 2 fully saturated rings. The number of fused-ring (bicyclic) bond motifs is 2. The van der Waals surface area contributed by atoms with Gasteiger partial charge in [0.25, 0.3) is 0 Å². The minimum atomic E-state index is 0.0454. The second kappa shape index (κ2) is 6.84. The van der Waals surface area contributed by atoms with Gasteiger partial charge in [-0.1, -0.05) is 25.1 Å². The Bertz CT molecular complexity index is 479. The van der Waals surface area contributed by atoms with Crippen molar-refractivity contribution < 1.29 is 4.79 Å². The van der Waals surface area contributed by atoms with Crippen LogP contribution in [0.1, 0.15) is 32.6 Å². The molecule has 1 aromatic carbocycles. The van der Waals surface area contributed by atoms with Gasteiger partial charge in [0.2, 0.25) is 5.91 Å². The van der Waals surface area contributed by atoms with Crippen LogP contribution in [0, 0.1) is 0 Å². The van der Waals surface area contributed by atoms with E-state index in [1.165, 1.54) is 17.7 Å². The van der Waals surface area contributed by atoms with E-state index in [-0.39, 0.29) is 5.25 Å². The Hall–Kier alpha value is -1.00. The van der Waals surface area contributed by atoms with E-state index in [0.29, 0.717) is 18.0 Å². The topological polar surface area (TPSA) is 32.3 Å². The molecule has 1 amide bonds. The number of carbonyl (C=O) groups excluding carboxylic acids is 1. The van der Waals surface area contributed by atoms with Crippen LogP contribution in [-0.4, -0.2) is 41.2 Å². The van der Waals surface area contributed by atoms with Gasteiger partial charge in [-0.15, -0.1) is 11.8 Å². The van der Waals surface area contributed by atoms with Crippen LogP contribution in [0.5, 0.6) is 0 Å². The SMILES string of the molecule is CCC(Sc1ccccc1)C(=O)N1CCC2CCC(C1)N2. The lowest BCUT2D eigenvalue weighted by Gasteiger charge is -2.28. The van der Waals surface area contributed by atoms with Gasteiger partial charge in [0, 0.05) is 30.1 Å². The molecule has 3 rings (SSSR count). The number of amides is 1. The number of carbonyl (C=O) groups is 1. The molecule has 2 bridgehead atoms. The highest BCUT2D eigenvalue weighted by Crippen LogP contribution is 2.28. The molecule has 3 atom stereocenters. The molecule has 4 heteroatoms. The maximum absolute atomic E-state index is 12.8. The first kappa shape index (κ1) is 14.9. The summed E-state index contributed by atoms with van der Waals surface area (Å²) in [5, 5.41) is 3.69. The zero-order chi connectivity index (χ0) is 14.7. The molecule has 2 saturated heterocycles. The smallest absolute Gasteiger partial charge is 0.236 e. The fraction of sp³-hybridized carbons (Fsp3) is 0.588. The zero-order valence-corrected chi connectivity index (χ0v) is 13.4. The molecule has 114 valence electrons. The standard InChI is InChI=1S/C17H24N2OS/c1-2-16(21-15-6-4-3-5-7-15)17(20)19-11-10-13-8-9-14(12-19)18-13/h3-7,13-14,16,18H,2,8-12H2,1H3. The van der Waals surface area contributed by atoms with Crippen molar-refractivity contribution in [3.05, 3.63) is 30.3 Å². The minimum Gasteiger partial charge on any atom is -0.340 e. The largest absolute Gasteiger partial charge is 0.340 e. The van der Waals surface area contributed by atoms with Crippen LogP contribution >= 0.6 is 11.8 Å². The average Bonchev–Trinajstić information content (AvgIpc) is 2.84. The molecular weight excluding hydrogens is 280 g/mol. The maximum Gasteiger partial charge on any atom is 0.236 e. The van der Waals surface area contributed by atoms with Crippen molar-refractivity contribution in [2.45, 2.75) is 54.8 Å². The highest BCUT2D eigenvalue weighted by molar-refractivity contribution is 8.00. The lowest BCUT2D eigenvalue weighted by atomic mass is 10.1. The highest BCUT2D eigenvalue weighted by atomic mass is 32.2. The van der Waals surface area contributed by atoms with E-state index in [1.54, 1.807) is 11.8 Å². The third-order valence-electron chi connectivity index (χ3n) is 4.50. The summed E-state index contributed by atoms with van der Waals surface area (Å²) >= 11 is 1.71. The van der Waals surface area contributed by atoms with Crippen molar-refractivity contribution >= 4 is 17.7 Å². The summed E-state index contributed by atoms with van der Waals surface area (Å²) in [5.41, 5.74) is 0. The molecule has 2 heterocycles. The van der Waals surface area contributed by atoms with Gasteiger partial charge in [-0.2, -0.15) is 0 Å². The Morgan fingerprint density at radius 3 is 2.81 bits per heavy atom. The third-order valence-corrected chi connectivity index (χ3v) is 5.87. The minimum absolute atomic E-state index is 0.0454. The maximum atomic E-state index is 12.8.